The van der Waals surface area contributed by atoms with Crippen molar-refractivity contribution in [2.75, 3.05) is 44.7 Å². The number of morpholine rings is 1. The van der Waals surface area contributed by atoms with Gasteiger partial charge in [0.25, 0.3) is 0 Å². The number of aryl methyl sites for hydroxylation is 1. The number of aromatic nitrogens is 1. The first-order valence-corrected chi connectivity index (χ1v) is 8.58. The van der Waals surface area contributed by atoms with E-state index >= 15 is 0 Å². The zero-order valence-corrected chi connectivity index (χ0v) is 14.3. The van der Waals surface area contributed by atoms with Crippen molar-refractivity contribution in [3.05, 3.63) is 44.7 Å². The van der Waals surface area contributed by atoms with E-state index < -0.39 is 10.5 Å². The minimum Gasteiger partial charge on any atom is -0.373 e. The smallest absolute Gasteiger partial charge is 0.357 e. The van der Waals surface area contributed by atoms with E-state index in [4.69, 9.17) is 4.74 Å². The molecule has 1 aliphatic heterocycles. The summed E-state index contributed by atoms with van der Waals surface area (Å²) in [5, 5.41) is 15.4. The largest absolute Gasteiger partial charge is 0.373 e. The molecule has 1 fully saturated rings. The molecule has 1 aromatic heterocycles. The lowest BCUT2D eigenvalue weighted by Crippen LogP contribution is -3.14. The second-order valence-corrected chi connectivity index (χ2v) is 6.09. The summed E-state index contributed by atoms with van der Waals surface area (Å²) in [5.41, 5.74) is 0.0923. The van der Waals surface area contributed by atoms with Crippen molar-refractivity contribution in [1.82, 2.24) is 4.57 Å². The van der Waals surface area contributed by atoms with E-state index in [2.05, 4.69) is 5.32 Å². The number of benzene rings is 1. The summed E-state index contributed by atoms with van der Waals surface area (Å²) < 4.78 is 6.79. The summed E-state index contributed by atoms with van der Waals surface area (Å²) in [6.07, 6.45) is 0. The molecule has 0 aliphatic carbocycles. The molecule has 0 amide bonds. The fraction of sp³-hybridized carbons (Fsp3) is 0.471. The zero-order chi connectivity index (χ0) is 17.8. The Hall–Kier alpha value is -2.45. The van der Waals surface area contributed by atoms with Crippen LogP contribution in [0.2, 0.25) is 0 Å². The first-order valence-electron chi connectivity index (χ1n) is 8.58. The number of fused-ring (bicyclic) bond motifs is 1. The van der Waals surface area contributed by atoms with Crippen LogP contribution in [0.25, 0.3) is 10.9 Å². The standard InChI is InChI=1S/C17H22N4O4/c1-2-20-14-6-4-3-5-13(14)15(16(17(20)22)21(23)24)18-7-8-19-9-11-25-12-10-19/h3-6,18H,2,7-12H2,1H3/p+1. The van der Waals surface area contributed by atoms with Gasteiger partial charge in [-0.3, -0.25) is 14.9 Å². The number of nitrogens with zero attached hydrogens (tertiary/aromatic N) is 2. The number of quaternary nitrogens is 1. The van der Waals surface area contributed by atoms with Crippen molar-refractivity contribution in [3.8, 4) is 0 Å². The van der Waals surface area contributed by atoms with E-state index in [1.54, 1.807) is 0 Å². The van der Waals surface area contributed by atoms with Crippen molar-refractivity contribution >= 4 is 22.3 Å². The number of pyridine rings is 1. The molecule has 0 radical (unpaired) electrons. The van der Waals surface area contributed by atoms with Crippen LogP contribution >= 0.6 is 0 Å². The van der Waals surface area contributed by atoms with Crippen molar-refractivity contribution in [2.45, 2.75) is 13.5 Å². The van der Waals surface area contributed by atoms with Crippen molar-refractivity contribution in [2.24, 2.45) is 0 Å². The van der Waals surface area contributed by atoms with Crippen LogP contribution in [0.1, 0.15) is 6.92 Å². The highest BCUT2D eigenvalue weighted by molar-refractivity contribution is 5.96. The average Bonchev–Trinajstić information content (AvgIpc) is 2.62. The summed E-state index contributed by atoms with van der Waals surface area (Å²) in [6.45, 7) is 6.94. The van der Waals surface area contributed by atoms with E-state index in [1.165, 1.54) is 9.47 Å². The van der Waals surface area contributed by atoms with Gasteiger partial charge in [0.05, 0.1) is 36.7 Å². The lowest BCUT2D eigenvalue weighted by Gasteiger charge is -2.24. The van der Waals surface area contributed by atoms with Gasteiger partial charge in [-0.2, -0.15) is 0 Å². The second-order valence-electron chi connectivity index (χ2n) is 6.09. The Balaban J connectivity index is 1.96. The molecule has 2 aromatic rings. The zero-order valence-electron chi connectivity index (χ0n) is 14.3. The number of ether oxygens (including phenoxy) is 1. The topological polar surface area (TPSA) is 90.8 Å². The second kappa shape index (κ2) is 7.62. The number of hydrogen-bond acceptors (Lipinski definition) is 5. The van der Waals surface area contributed by atoms with Crippen LogP contribution in [0.15, 0.2) is 29.1 Å². The molecule has 0 spiro atoms. The highest BCUT2D eigenvalue weighted by Gasteiger charge is 2.25. The van der Waals surface area contributed by atoms with Gasteiger partial charge in [0.2, 0.25) is 0 Å². The molecule has 134 valence electrons. The summed E-state index contributed by atoms with van der Waals surface area (Å²) in [5.74, 6) is 0. The van der Waals surface area contributed by atoms with Gasteiger partial charge in [-0.15, -0.1) is 0 Å². The van der Waals surface area contributed by atoms with Crippen molar-refractivity contribution in [3.63, 3.8) is 0 Å². The number of anilines is 1. The van der Waals surface area contributed by atoms with E-state index in [-0.39, 0.29) is 5.69 Å². The Morgan fingerprint density at radius 1 is 1.32 bits per heavy atom. The quantitative estimate of drug-likeness (QED) is 0.578. The maximum Gasteiger partial charge on any atom is 0.357 e. The molecule has 25 heavy (non-hydrogen) atoms. The molecule has 8 heteroatoms. The Morgan fingerprint density at radius 2 is 2.04 bits per heavy atom. The predicted octanol–water partition coefficient (Wildman–Crippen LogP) is 0.257. The lowest BCUT2D eigenvalue weighted by molar-refractivity contribution is -0.906. The normalized spacial score (nSPS) is 15.4. The Kier molecular flexibility index (Phi) is 5.30. The molecule has 0 saturated carbocycles. The van der Waals surface area contributed by atoms with Crippen LogP contribution in [0, 0.1) is 10.1 Å². The van der Waals surface area contributed by atoms with Crippen LogP contribution in [-0.4, -0.2) is 48.9 Å². The third kappa shape index (κ3) is 3.49. The molecule has 1 aliphatic rings. The molecule has 3 rings (SSSR count). The molecule has 0 unspecified atom stereocenters. The van der Waals surface area contributed by atoms with E-state index in [0.717, 1.165) is 32.8 Å². The van der Waals surface area contributed by atoms with Crippen LogP contribution in [0.5, 0.6) is 0 Å². The maximum absolute atomic E-state index is 12.6. The van der Waals surface area contributed by atoms with Crippen LogP contribution < -0.4 is 15.8 Å². The van der Waals surface area contributed by atoms with Gasteiger partial charge in [0, 0.05) is 11.9 Å². The number of para-hydroxylation sites is 1. The maximum atomic E-state index is 12.6. The lowest BCUT2D eigenvalue weighted by atomic mass is 10.1. The summed E-state index contributed by atoms with van der Waals surface area (Å²) in [4.78, 5) is 25.0. The fourth-order valence-electron chi connectivity index (χ4n) is 3.33. The first-order chi connectivity index (χ1) is 12.1. The van der Waals surface area contributed by atoms with Crippen LogP contribution in [0.3, 0.4) is 0 Å². The summed E-state index contributed by atoms with van der Waals surface area (Å²) in [6, 6.07) is 7.30. The van der Waals surface area contributed by atoms with E-state index in [1.807, 2.05) is 31.2 Å². The van der Waals surface area contributed by atoms with Crippen molar-refractivity contribution < 1.29 is 14.6 Å². The number of rotatable bonds is 6. The van der Waals surface area contributed by atoms with E-state index in [0.29, 0.717) is 29.7 Å². The third-order valence-electron chi connectivity index (χ3n) is 4.63. The first kappa shape index (κ1) is 17.4. The monoisotopic (exact) mass is 347 g/mol. The number of nitrogens with one attached hydrogen (secondary N) is 2. The van der Waals surface area contributed by atoms with Crippen molar-refractivity contribution in [1.29, 1.82) is 0 Å². The fourth-order valence-corrected chi connectivity index (χ4v) is 3.33. The molecule has 8 nitrogen and oxygen atoms in total. The van der Waals surface area contributed by atoms with Gasteiger partial charge in [-0.1, -0.05) is 18.2 Å². The Morgan fingerprint density at radius 3 is 2.72 bits per heavy atom. The minimum atomic E-state index is -0.579. The third-order valence-corrected chi connectivity index (χ3v) is 4.63. The van der Waals surface area contributed by atoms with Crippen LogP contribution in [-0.2, 0) is 11.3 Å². The van der Waals surface area contributed by atoms with E-state index in [9.17, 15) is 14.9 Å². The Labute approximate surface area is 145 Å². The average molecular weight is 347 g/mol. The number of nitro groups is 1. The van der Waals surface area contributed by atoms with Gasteiger partial charge in [0.15, 0.2) is 0 Å². The Bertz CT molecular complexity index is 827. The van der Waals surface area contributed by atoms with Gasteiger partial charge in [-0.25, -0.2) is 0 Å². The molecule has 0 atom stereocenters. The molecular formula is C17H23N4O4+. The van der Waals surface area contributed by atoms with Gasteiger partial charge >= 0.3 is 11.2 Å². The summed E-state index contributed by atoms with van der Waals surface area (Å²) in [7, 11) is 0. The van der Waals surface area contributed by atoms with Gasteiger partial charge < -0.3 is 19.5 Å². The molecule has 1 aromatic carbocycles. The van der Waals surface area contributed by atoms with Gasteiger partial charge in [-0.05, 0) is 13.0 Å². The highest BCUT2D eigenvalue weighted by atomic mass is 16.6. The van der Waals surface area contributed by atoms with Gasteiger partial charge in [0.1, 0.15) is 18.8 Å². The van der Waals surface area contributed by atoms with Crippen LogP contribution in [0.4, 0.5) is 11.4 Å². The molecule has 1 saturated heterocycles. The molecule has 2 heterocycles. The predicted molar refractivity (Wildman–Crippen MR) is 95.4 cm³/mol. The highest BCUT2D eigenvalue weighted by Crippen LogP contribution is 2.29. The molecular weight excluding hydrogens is 324 g/mol. The minimum absolute atomic E-state index is 0.322. The molecule has 2 N–H and O–H groups in total. The number of hydrogen-bond donors (Lipinski definition) is 2. The molecule has 0 bridgehead atoms. The summed E-state index contributed by atoms with van der Waals surface area (Å²) >= 11 is 0. The SMILES string of the molecule is CCn1c(=O)c([N+](=O)[O-])c(NCC[NH+]2CCOCC2)c2ccccc21.